The highest BCUT2D eigenvalue weighted by molar-refractivity contribution is 7.93. The second kappa shape index (κ2) is 6.80. The molecule has 1 aliphatic rings. The molecular formula is C22H20N2O3S. The van der Waals surface area contributed by atoms with Gasteiger partial charge in [0.05, 0.1) is 10.6 Å². The summed E-state index contributed by atoms with van der Waals surface area (Å²) < 4.78 is 27.2. The number of anilines is 2. The van der Waals surface area contributed by atoms with Crippen molar-refractivity contribution in [3.8, 4) is 11.1 Å². The van der Waals surface area contributed by atoms with Gasteiger partial charge in [-0.1, -0.05) is 35.9 Å². The summed E-state index contributed by atoms with van der Waals surface area (Å²) in [6.45, 7) is 4.10. The van der Waals surface area contributed by atoms with Crippen molar-refractivity contribution in [1.82, 2.24) is 0 Å². The molecule has 0 bridgehead atoms. The van der Waals surface area contributed by atoms with Crippen LogP contribution in [0.1, 0.15) is 22.8 Å². The molecular weight excluding hydrogens is 372 g/mol. The van der Waals surface area contributed by atoms with Gasteiger partial charge < -0.3 is 5.32 Å². The third-order valence-corrected chi connectivity index (χ3v) is 6.82. The van der Waals surface area contributed by atoms with Gasteiger partial charge in [0.15, 0.2) is 0 Å². The van der Waals surface area contributed by atoms with E-state index in [2.05, 4.69) is 5.32 Å². The number of carbonyl (C=O) groups excluding carboxylic acids is 1. The van der Waals surface area contributed by atoms with Crippen molar-refractivity contribution in [3.05, 3.63) is 77.9 Å². The molecule has 0 fully saturated rings. The van der Waals surface area contributed by atoms with E-state index in [1.54, 1.807) is 49.4 Å². The van der Waals surface area contributed by atoms with Crippen LogP contribution >= 0.6 is 0 Å². The maximum Gasteiger partial charge on any atom is 0.264 e. The van der Waals surface area contributed by atoms with E-state index < -0.39 is 10.0 Å². The fourth-order valence-corrected chi connectivity index (χ4v) is 5.16. The zero-order chi connectivity index (χ0) is 19.9. The van der Waals surface area contributed by atoms with E-state index in [1.165, 1.54) is 4.31 Å². The van der Waals surface area contributed by atoms with Gasteiger partial charge in [-0.3, -0.25) is 9.10 Å². The molecule has 5 nitrogen and oxygen atoms in total. The minimum atomic E-state index is -3.60. The number of amides is 1. The molecule has 0 atom stereocenters. The topological polar surface area (TPSA) is 66.5 Å². The van der Waals surface area contributed by atoms with E-state index in [-0.39, 0.29) is 10.8 Å². The average Bonchev–Trinajstić information content (AvgIpc) is 2.70. The molecule has 4 rings (SSSR count). The Labute approximate surface area is 164 Å². The Hall–Kier alpha value is -3.12. The number of nitrogens with one attached hydrogen (secondary N) is 1. The normalized spacial score (nSPS) is 14.1. The fraction of sp³-hybridized carbons (Fsp3) is 0.136. The Morgan fingerprint density at radius 3 is 2.39 bits per heavy atom. The number of rotatable bonds is 3. The van der Waals surface area contributed by atoms with Crippen LogP contribution in [0.2, 0.25) is 0 Å². The van der Waals surface area contributed by atoms with Crippen molar-refractivity contribution >= 4 is 27.3 Å². The molecule has 142 valence electrons. The molecule has 0 aliphatic carbocycles. The molecule has 0 unspecified atom stereocenters. The van der Waals surface area contributed by atoms with Gasteiger partial charge in [0, 0.05) is 28.9 Å². The third kappa shape index (κ3) is 2.96. The van der Waals surface area contributed by atoms with E-state index in [0.29, 0.717) is 29.0 Å². The van der Waals surface area contributed by atoms with Crippen molar-refractivity contribution in [2.24, 2.45) is 0 Å². The van der Waals surface area contributed by atoms with Crippen molar-refractivity contribution in [1.29, 1.82) is 0 Å². The maximum atomic E-state index is 12.9. The Morgan fingerprint density at radius 1 is 0.964 bits per heavy atom. The maximum absolute atomic E-state index is 12.9. The second-order valence-electron chi connectivity index (χ2n) is 6.72. The van der Waals surface area contributed by atoms with Crippen molar-refractivity contribution in [2.75, 3.05) is 16.2 Å². The van der Waals surface area contributed by atoms with E-state index in [4.69, 9.17) is 0 Å². The molecule has 1 heterocycles. The van der Waals surface area contributed by atoms with Crippen LogP contribution in [0.5, 0.6) is 0 Å². The first-order valence-corrected chi connectivity index (χ1v) is 10.5. The van der Waals surface area contributed by atoms with Gasteiger partial charge in [-0.2, -0.15) is 0 Å². The minimum absolute atomic E-state index is 0.236. The molecule has 0 saturated carbocycles. The van der Waals surface area contributed by atoms with Crippen LogP contribution in [0, 0.1) is 6.92 Å². The fourth-order valence-electron chi connectivity index (χ4n) is 3.45. The SMILES string of the molecule is CCN1c2ccc(C(=O)Nc3ccc(C)cc3)cc2-c2ccccc2S1(=O)=O. The summed E-state index contributed by atoms with van der Waals surface area (Å²) >= 11 is 0. The summed E-state index contributed by atoms with van der Waals surface area (Å²) in [6.07, 6.45) is 0. The number of aryl methyl sites for hydroxylation is 1. The second-order valence-corrected chi connectivity index (χ2v) is 8.55. The molecule has 28 heavy (non-hydrogen) atoms. The standard InChI is InChI=1S/C22H20N2O3S/c1-3-24-20-13-10-16(22(25)23-17-11-8-15(2)9-12-17)14-19(20)18-6-4-5-7-21(18)28(24,26)27/h4-14H,3H2,1-2H3,(H,23,25). The number of sulfonamides is 1. The predicted molar refractivity (Wildman–Crippen MR) is 111 cm³/mol. The van der Waals surface area contributed by atoms with E-state index in [0.717, 1.165) is 11.1 Å². The summed E-state index contributed by atoms with van der Waals surface area (Å²) in [6, 6.07) is 19.6. The van der Waals surface area contributed by atoms with Crippen LogP contribution < -0.4 is 9.62 Å². The molecule has 1 aliphatic heterocycles. The molecule has 0 saturated heterocycles. The van der Waals surface area contributed by atoms with Crippen LogP contribution in [0.3, 0.4) is 0 Å². The van der Waals surface area contributed by atoms with Gasteiger partial charge in [0.25, 0.3) is 15.9 Å². The molecule has 0 aromatic heterocycles. The number of benzene rings is 3. The van der Waals surface area contributed by atoms with Crippen LogP contribution in [0.15, 0.2) is 71.6 Å². The number of carbonyl (C=O) groups is 1. The molecule has 6 heteroatoms. The first-order valence-electron chi connectivity index (χ1n) is 9.06. The lowest BCUT2D eigenvalue weighted by Crippen LogP contribution is -2.34. The molecule has 3 aromatic carbocycles. The Morgan fingerprint density at radius 2 is 1.68 bits per heavy atom. The zero-order valence-corrected chi connectivity index (χ0v) is 16.5. The summed E-state index contributed by atoms with van der Waals surface area (Å²) in [7, 11) is -3.60. The zero-order valence-electron chi connectivity index (χ0n) is 15.6. The van der Waals surface area contributed by atoms with E-state index >= 15 is 0 Å². The minimum Gasteiger partial charge on any atom is -0.322 e. The van der Waals surface area contributed by atoms with E-state index in [1.807, 2.05) is 31.2 Å². The quantitative estimate of drug-likeness (QED) is 0.716. The molecule has 1 amide bonds. The van der Waals surface area contributed by atoms with Gasteiger partial charge in [-0.15, -0.1) is 0 Å². The molecule has 1 N–H and O–H groups in total. The summed E-state index contributed by atoms with van der Waals surface area (Å²) in [5.74, 6) is -0.236. The Balaban J connectivity index is 1.78. The van der Waals surface area contributed by atoms with Gasteiger partial charge in [-0.25, -0.2) is 8.42 Å². The molecule has 3 aromatic rings. The van der Waals surface area contributed by atoms with Crippen molar-refractivity contribution < 1.29 is 13.2 Å². The Kier molecular flexibility index (Phi) is 4.43. The highest BCUT2D eigenvalue weighted by Crippen LogP contribution is 2.43. The van der Waals surface area contributed by atoms with Crippen LogP contribution in [-0.2, 0) is 10.0 Å². The number of hydrogen-bond acceptors (Lipinski definition) is 3. The van der Waals surface area contributed by atoms with E-state index in [9.17, 15) is 13.2 Å². The number of nitrogens with zero attached hydrogens (tertiary/aromatic N) is 1. The summed E-state index contributed by atoms with van der Waals surface area (Å²) in [5, 5.41) is 2.89. The van der Waals surface area contributed by atoms with Crippen molar-refractivity contribution in [3.63, 3.8) is 0 Å². The third-order valence-electron chi connectivity index (χ3n) is 4.87. The van der Waals surface area contributed by atoms with Crippen LogP contribution in [-0.4, -0.2) is 20.9 Å². The van der Waals surface area contributed by atoms with Gasteiger partial charge in [-0.05, 0) is 50.2 Å². The summed E-state index contributed by atoms with van der Waals surface area (Å²) in [4.78, 5) is 13.0. The Bertz CT molecular complexity index is 1170. The van der Waals surface area contributed by atoms with Crippen LogP contribution in [0.25, 0.3) is 11.1 Å². The average molecular weight is 392 g/mol. The number of hydrogen-bond donors (Lipinski definition) is 1. The number of fused-ring (bicyclic) bond motifs is 3. The molecule has 0 radical (unpaired) electrons. The first kappa shape index (κ1) is 18.3. The highest BCUT2D eigenvalue weighted by atomic mass is 32.2. The lowest BCUT2D eigenvalue weighted by atomic mass is 10.00. The van der Waals surface area contributed by atoms with Gasteiger partial charge >= 0.3 is 0 Å². The molecule has 0 spiro atoms. The largest absolute Gasteiger partial charge is 0.322 e. The smallest absolute Gasteiger partial charge is 0.264 e. The lowest BCUT2D eigenvalue weighted by Gasteiger charge is -2.31. The highest BCUT2D eigenvalue weighted by Gasteiger charge is 2.34. The predicted octanol–water partition coefficient (Wildman–Crippen LogP) is 4.44. The monoisotopic (exact) mass is 392 g/mol. The van der Waals surface area contributed by atoms with Crippen LogP contribution in [0.4, 0.5) is 11.4 Å². The van der Waals surface area contributed by atoms with Gasteiger partial charge in [0.2, 0.25) is 0 Å². The summed E-state index contributed by atoms with van der Waals surface area (Å²) in [5.41, 5.74) is 4.25. The van der Waals surface area contributed by atoms with Gasteiger partial charge in [0.1, 0.15) is 0 Å². The van der Waals surface area contributed by atoms with Crippen molar-refractivity contribution in [2.45, 2.75) is 18.7 Å². The lowest BCUT2D eigenvalue weighted by molar-refractivity contribution is 0.102. The first-order chi connectivity index (χ1) is 13.4.